The van der Waals surface area contributed by atoms with Crippen LogP contribution in [-0.4, -0.2) is 53.7 Å². The normalized spacial score (nSPS) is 19.4. The molecule has 9 heteroatoms. The van der Waals surface area contributed by atoms with Crippen LogP contribution in [0, 0.1) is 0 Å². The summed E-state index contributed by atoms with van der Waals surface area (Å²) in [6.45, 7) is 5.24. The van der Waals surface area contributed by atoms with E-state index in [1.807, 2.05) is 6.26 Å². The van der Waals surface area contributed by atoms with E-state index in [1.54, 1.807) is 37.1 Å². The molecule has 1 saturated heterocycles. The number of nitrogens with zero attached hydrogens (tertiary/aromatic N) is 3. The van der Waals surface area contributed by atoms with Crippen molar-refractivity contribution in [1.29, 1.82) is 0 Å². The maximum Gasteiger partial charge on any atom is 0.279 e. The number of nitrogens with one attached hydrogen (secondary N) is 2. The number of quaternary nitrogens is 1. The first-order chi connectivity index (χ1) is 13.5. The lowest BCUT2D eigenvalue weighted by Gasteiger charge is -2.29. The molecule has 1 aromatic carbocycles. The lowest BCUT2D eigenvalue weighted by molar-refractivity contribution is -0.898. The first-order valence-electron chi connectivity index (χ1n) is 9.49. The van der Waals surface area contributed by atoms with E-state index in [0.29, 0.717) is 28.9 Å². The molecule has 1 unspecified atom stereocenters. The van der Waals surface area contributed by atoms with Gasteiger partial charge in [0.1, 0.15) is 11.6 Å². The van der Waals surface area contributed by atoms with Crippen molar-refractivity contribution in [2.24, 2.45) is 0 Å². The highest BCUT2D eigenvalue weighted by atomic mass is 35.5. The third-order valence-electron chi connectivity index (χ3n) is 5.07. The fraction of sp³-hybridized carbons (Fsp3) is 0.526. The minimum Gasteiger partial charge on any atom is -0.495 e. The molecule has 1 amide bonds. The maximum absolute atomic E-state index is 12.6. The molecule has 1 aliphatic rings. The zero-order valence-electron chi connectivity index (χ0n) is 16.5. The number of benzene rings is 1. The summed E-state index contributed by atoms with van der Waals surface area (Å²) in [6, 6.07) is 5.20. The molecule has 0 aliphatic carbocycles. The Hall–Kier alpha value is -1.77. The van der Waals surface area contributed by atoms with E-state index in [-0.39, 0.29) is 5.91 Å². The third-order valence-corrected chi connectivity index (χ3v) is 5.98. The number of piperidine rings is 1. The number of hydrogen-bond acceptors (Lipinski definition) is 5. The van der Waals surface area contributed by atoms with Gasteiger partial charge in [-0.05, 0) is 44.2 Å². The molecule has 1 aromatic heterocycles. The van der Waals surface area contributed by atoms with E-state index in [9.17, 15) is 4.79 Å². The molecule has 2 atom stereocenters. The SMILES string of the molecule is CCn1c(SC)nnc1[C@@H]1CCC[NH+](CC(=O)Nc2cc(Cl)ccc2OC)C1. The number of hydrogen-bond donors (Lipinski definition) is 2. The van der Waals surface area contributed by atoms with Crippen LogP contribution in [0.25, 0.3) is 0 Å². The molecule has 7 nitrogen and oxygen atoms in total. The minimum atomic E-state index is -0.0435. The molecule has 2 N–H and O–H groups in total. The summed E-state index contributed by atoms with van der Waals surface area (Å²) in [4.78, 5) is 13.9. The summed E-state index contributed by atoms with van der Waals surface area (Å²) < 4.78 is 7.49. The Morgan fingerprint density at radius 1 is 1.46 bits per heavy atom. The van der Waals surface area contributed by atoms with E-state index >= 15 is 0 Å². The van der Waals surface area contributed by atoms with Crippen LogP contribution in [0.15, 0.2) is 23.4 Å². The van der Waals surface area contributed by atoms with Crippen LogP contribution >= 0.6 is 23.4 Å². The summed E-state index contributed by atoms with van der Waals surface area (Å²) in [7, 11) is 1.58. The molecule has 2 aromatic rings. The maximum atomic E-state index is 12.6. The molecule has 1 fully saturated rings. The standard InChI is InChI=1S/C19H26ClN5O2S/c1-4-25-18(22-23-19(25)28-3)13-6-5-9-24(11-13)12-17(26)21-15-10-14(20)7-8-16(15)27-2/h7-8,10,13H,4-6,9,11-12H2,1-3H3,(H,21,26)/p+1/t13-/m1/s1. The van der Waals surface area contributed by atoms with Crippen molar-refractivity contribution >= 4 is 35.0 Å². The Morgan fingerprint density at radius 3 is 3.00 bits per heavy atom. The Bertz CT molecular complexity index is 829. The summed E-state index contributed by atoms with van der Waals surface area (Å²) in [5.41, 5.74) is 0.600. The predicted octanol–water partition coefficient (Wildman–Crippen LogP) is 2.08. The summed E-state index contributed by atoms with van der Waals surface area (Å²) in [6.07, 6.45) is 4.17. The first-order valence-corrected chi connectivity index (χ1v) is 11.1. The molecular weight excluding hydrogens is 398 g/mol. The van der Waals surface area contributed by atoms with Crippen LogP contribution < -0.4 is 15.0 Å². The van der Waals surface area contributed by atoms with Crippen LogP contribution in [-0.2, 0) is 11.3 Å². The van der Waals surface area contributed by atoms with Gasteiger partial charge in [-0.15, -0.1) is 10.2 Å². The summed E-state index contributed by atoms with van der Waals surface area (Å²) >= 11 is 7.67. The number of methoxy groups -OCH3 is 1. The molecule has 152 valence electrons. The molecule has 0 radical (unpaired) electrons. The Morgan fingerprint density at radius 2 is 2.29 bits per heavy atom. The molecule has 0 bridgehead atoms. The fourth-order valence-electron chi connectivity index (χ4n) is 3.78. The van der Waals surface area contributed by atoms with Crippen molar-refractivity contribution in [3.05, 3.63) is 29.0 Å². The van der Waals surface area contributed by atoms with Crippen LogP contribution in [0.3, 0.4) is 0 Å². The third kappa shape index (κ3) is 4.79. The highest BCUT2D eigenvalue weighted by Gasteiger charge is 2.30. The van der Waals surface area contributed by atoms with Crippen LogP contribution in [0.2, 0.25) is 5.02 Å². The number of anilines is 1. The van der Waals surface area contributed by atoms with E-state index in [0.717, 1.165) is 43.5 Å². The second kappa shape index (κ2) is 9.62. The lowest BCUT2D eigenvalue weighted by atomic mass is 9.97. The van der Waals surface area contributed by atoms with Gasteiger partial charge in [0.25, 0.3) is 5.91 Å². The number of ether oxygens (including phenoxy) is 1. The number of halogens is 1. The average molecular weight is 425 g/mol. The summed E-state index contributed by atoms with van der Waals surface area (Å²) in [5, 5.41) is 13.2. The van der Waals surface area contributed by atoms with Gasteiger partial charge in [-0.3, -0.25) is 4.79 Å². The van der Waals surface area contributed by atoms with E-state index < -0.39 is 0 Å². The first kappa shape index (κ1) is 21.0. The van der Waals surface area contributed by atoms with Gasteiger partial charge in [0.05, 0.1) is 31.8 Å². The quantitative estimate of drug-likeness (QED) is 0.666. The number of amides is 1. The predicted molar refractivity (Wildman–Crippen MR) is 112 cm³/mol. The molecule has 2 heterocycles. The van der Waals surface area contributed by atoms with Crippen LogP contribution in [0.5, 0.6) is 5.75 Å². The molecule has 1 aliphatic heterocycles. The fourth-order valence-corrected chi connectivity index (χ4v) is 4.52. The number of likely N-dealkylation sites (tertiary alicyclic amines) is 1. The number of rotatable bonds is 7. The van der Waals surface area contributed by atoms with Crippen molar-refractivity contribution in [2.75, 3.05) is 38.3 Å². The molecule has 28 heavy (non-hydrogen) atoms. The minimum absolute atomic E-state index is 0.0435. The monoisotopic (exact) mass is 424 g/mol. The zero-order chi connectivity index (χ0) is 20.1. The Labute approximate surface area is 174 Å². The smallest absolute Gasteiger partial charge is 0.279 e. The lowest BCUT2D eigenvalue weighted by Crippen LogP contribution is -3.14. The van der Waals surface area contributed by atoms with Crippen molar-refractivity contribution in [1.82, 2.24) is 14.8 Å². The zero-order valence-corrected chi connectivity index (χ0v) is 18.1. The van der Waals surface area contributed by atoms with Gasteiger partial charge in [-0.2, -0.15) is 0 Å². The van der Waals surface area contributed by atoms with Gasteiger partial charge in [0.15, 0.2) is 11.7 Å². The van der Waals surface area contributed by atoms with Gasteiger partial charge < -0.3 is 19.5 Å². The largest absolute Gasteiger partial charge is 0.495 e. The highest BCUT2D eigenvalue weighted by molar-refractivity contribution is 7.98. The van der Waals surface area contributed by atoms with Crippen molar-refractivity contribution < 1.29 is 14.4 Å². The summed E-state index contributed by atoms with van der Waals surface area (Å²) in [5.74, 6) is 1.93. The van der Waals surface area contributed by atoms with Gasteiger partial charge in [0, 0.05) is 11.6 Å². The second-order valence-corrected chi connectivity index (χ2v) is 8.11. The van der Waals surface area contributed by atoms with Gasteiger partial charge in [-0.25, -0.2) is 0 Å². The number of carbonyl (C=O) groups is 1. The van der Waals surface area contributed by atoms with Gasteiger partial charge in [0.2, 0.25) is 0 Å². The average Bonchev–Trinajstić information content (AvgIpc) is 3.11. The molecule has 0 spiro atoms. The van der Waals surface area contributed by atoms with Gasteiger partial charge in [-0.1, -0.05) is 23.4 Å². The Kier molecular flexibility index (Phi) is 7.20. The van der Waals surface area contributed by atoms with Gasteiger partial charge >= 0.3 is 0 Å². The van der Waals surface area contributed by atoms with E-state index in [4.69, 9.17) is 16.3 Å². The molecule has 0 saturated carbocycles. The molecular formula is C19H27ClN5O2S+. The highest BCUT2D eigenvalue weighted by Crippen LogP contribution is 2.27. The number of aromatic nitrogens is 3. The number of thioether (sulfide) groups is 1. The Balaban J connectivity index is 1.64. The van der Waals surface area contributed by atoms with E-state index in [1.165, 1.54) is 4.90 Å². The topological polar surface area (TPSA) is 73.5 Å². The van der Waals surface area contributed by atoms with Crippen LogP contribution in [0.1, 0.15) is 31.5 Å². The molecule has 3 rings (SSSR count). The van der Waals surface area contributed by atoms with Crippen molar-refractivity contribution in [3.63, 3.8) is 0 Å². The second-order valence-electron chi connectivity index (χ2n) is 6.90. The van der Waals surface area contributed by atoms with Crippen molar-refractivity contribution in [3.8, 4) is 5.75 Å². The van der Waals surface area contributed by atoms with Crippen LogP contribution in [0.4, 0.5) is 5.69 Å². The van der Waals surface area contributed by atoms with E-state index in [2.05, 4.69) is 27.0 Å². The van der Waals surface area contributed by atoms with Crippen molar-refractivity contribution in [2.45, 2.75) is 37.4 Å². The number of carbonyl (C=O) groups excluding carboxylic acids is 1.